The van der Waals surface area contributed by atoms with Crippen LogP contribution in [-0.2, 0) is 23.7 Å². The zero-order chi connectivity index (χ0) is 30.8. The SMILES string of the molecule is O=C(C=Cc1ccc(O)cc1)OCC1OC(OC2=C(c3ccc(O)c(O)c3)OC3C=C(O)C=C(O)C3=C2)C(O)C(O)C1O. The molecule has 43 heavy (non-hydrogen) atoms. The summed E-state index contributed by atoms with van der Waals surface area (Å²) in [6, 6.07) is 9.77. The van der Waals surface area contributed by atoms with Crippen molar-refractivity contribution in [1.29, 1.82) is 0 Å². The highest BCUT2D eigenvalue weighted by Crippen LogP contribution is 2.39. The Balaban J connectivity index is 1.36. The molecular formula is C30H28O13. The lowest BCUT2D eigenvalue weighted by molar-refractivity contribution is -0.291. The van der Waals surface area contributed by atoms with Gasteiger partial charge in [-0.3, -0.25) is 0 Å². The molecule has 0 aromatic heterocycles. The van der Waals surface area contributed by atoms with Gasteiger partial charge in [0.2, 0.25) is 6.29 Å². The summed E-state index contributed by atoms with van der Waals surface area (Å²) in [4.78, 5) is 12.3. The normalized spacial score (nSPS) is 27.0. The average Bonchev–Trinajstić information content (AvgIpc) is 2.98. The van der Waals surface area contributed by atoms with E-state index in [1.54, 1.807) is 12.1 Å². The Morgan fingerprint density at radius 1 is 0.884 bits per heavy atom. The molecule has 0 bridgehead atoms. The van der Waals surface area contributed by atoms with E-state index in [0.717, 1.165) is 12.2 Å². The maximum Gasteiger partial charge on any atom is 0.330 e. The highest BCUT2D eigenvalue weighted by molar-refractivity contribution is 5.87. The second kappa shape index (κ2) is 12.1. The van der Waals surface area contributed by atoms with Crippen LogP contribution in [0.3, 0.4) is 0 Å². The molecule has 13 nitrogen and oxygen atoms in total. The Morgan fingerprint density at radius 3 is 2.35 bits per heavy atom. The summed E-state index contributed by atoms with van der Waals surface area (Å²) in [5.41, 5.74) is 0.966. The third-order valence-corrected chi connectivity index (χ3v) is 6.81. The van der Waals surface area contributed by atoms with Gasteiger partial charge in [-0.05, 0) is 48.0 Å². The summed E-state index contributed by atoms with van der Waals surface area (Å²) in [6.07, 6.45) is -2.97. The molecule has 0 saturated carbocycles. The van der Waals surface area contributed by atoms with Gasteiger partial charge in [-0.1, -0.05) is 12.1 Å². The topological polar surface area (TPSA) is 216 Å². The van der Waals surface area contributed by atoms with Crippen LogP contribution in [0.2, 0.25) is 0 Å². The molecule has 0 amide bonds. The second-order valence-corrected chi connectivity index (χ2v) is 9.84. The lowest BCUT2D eigenvalue weighted by Crippen LogP contribution is -2.59. The Kier molecular flexibility index (Phi) is 8.32. The van der Waals surface area contributed by atoms with Crippen LogP contribution in [0.15, 0.2) is 89.6 Å². The number of aliphatic hydroxyl groups excluding tert-OH is 5. The fourth-order valence-corrected chi connectivity index (χ4v) is 4.51. The quantitative estimate of drug-likeness (QED) is 0.130. The maximum atomic E-state index is 12.3. The van der Waals surface area contributed by atoms with Crippen molar-refractivity contribution in [3.63, 3.8) is 0 Å². The van der Waals surface area contributed by atoms with Crippen molar-refractivity contribution in [2.45, 2.75) is 36.8 Å². The molecule has 1 fully saturated rings. The summed E-state index contributed by atoms with van der Waals surface area (Å²) < 4.78 is 22.6. The van der Waals surface area contributed by atoms with E-state index in [4.69, 9.17) is 18.9 Å². The molecule has 2 heterocycles. The average molecular weight is 597 g/mol. The van der Waals surface area contributed by atoms with Crippen molar-refractivity contribution in [3.05, 3.63) is 101 Å². The molecule has 1 aliphatic carbocycles. The van der Waals surface area contributed by atoms with Crippen LogP contribution in [0, 0.1) is 0 Å². The van der Waals surface area contributed by atoms with Gasteiger partial charge in [0, 0.05) is 29.4 Å². The predicted molar refractivity (Wildman–Crippen MR) is 147 cm³/mol. The number of phenols is 3. The molecule has 6 unspecified atom stereocenters. The summed E-state index contributed by atoms with van der Waals surface area (Å²) >= 11 is 0. The number of hydrogen-bond donors (Lipinski definition) is 8. The van der Waals surface area contributed by atoms with E-state index in [0.29, 0.717) is 5.56 Å². The van der Waals surface area contributed by atoms with Gasteiger partial charge in [0.1, 0.15) is 54.4 Å². The van der Waals surface area contributed by atoms with E-state index in [1.165, 1.54) is 48.6 Å². The molecule has 2 aliphatic heterocycles. The molecule has 226 valence electrons. The van der Waals surface area contributed by atoms with E-state index in [9.17, 15) is 45.6 Å². The third kappa shape index (κ3) is 6.44. The van der Waals surface area contributed by atoms with Gasteiger partial charge >= 0.3 is 5.97 Å². The molecule has 0 radical (unpaired) electrons. The zero-order valence-electron chi connectivity index (χ0n) is 22.2. The van der Waals surface area contributed by atoms with E-state index < -0.39 is 60.9 Å². The first kappa shape index (κ1) is 29.5. The molecule has 1 saturated heterocycles. The van der Waals surface area contributed by atoms with Crippen molar-refractivity contribution in [3.8, 4) is 17.2 Å². The number of esters is 1. The molecule has 8 N–H and O–H groups in total. The molecule has 2 aromatic rings. The number of aliphatic hydroxyl groups is 5. The monoisotopic (exact) mass is 596 g/mol. The fourth-order valence-electron chi connectivity index (χ4n) is 4.51. The van der Waals surface area contributed by atoms with Crippen molar-refractivity contribution in [1.82, 2.24) is 0 Å². The van der Waals surface area contributed by atoms with Gasteiger partial charge in [0.25, 0.3) is 0 Å². The number of phenolic OH excluding ortho intramolecular Hbond substituents is 3. The number of carbonyl (C=O) groups excluding carboxylic acids is 1. The van der Waals surface area contributed by atoms with E-state index in [2.05, 4.69) is 0 Å². The standard InChI is InChI=1S/C30H28O13/c31-16-5-1-14(2-6-16)3-8-25(36)40-13-24-26(37)27(38)28(39)30(43-24)42-23-12-18-20(34)10-17(32)11-22(18)41-29(23)15-4-7-19(33)21(35)9-15/h1-12,22,24,26-28,30-35,37-39H,13H2. The predicted octanol–water partition coefficient (Wildman–Crippen LogP) is 1.78. The van der Waals surface area contributed by atoms with Crippen molar-refractivity contribution in [2.75, 3.05) is 6.61 Å². The third-order valence-electron chi connectivity index (χ3n) is 6.81. The maximum absolute atomic E-state index is 12.3. The fraction of sp³-hybridized carbons (Fsp3) is 0.233. The Hall–Kier alpha value is -4.95. The van der Waals surface area contributed by atoms with Crippen molar-refractivity contribution < 1.29 is 64.6 Å². The minimum absolute atomic E-state index is 0.0541. The van der Waals surface area contributed by atoms with Crippen LogP contribution in [-0.4, -0.2) is 90.2 Å². The second-order valence-electron chi connectivity index (χ2n) is 9.84. The largest absolute Gasteiger partial charge is 0.508 e. The van der Waals surface area contributed by atoms with E-state index in [1.807, 2.05) is 0 Å². The van der Waals surface area contributed by atoms with Crippen LogP contribution < -0.4 is 0 Å². The number of carbonyl (C=O) groups is 1. The summed E-state index contributed by atoms with van der Waals surface area (Å²) in [5, 5.41) is 81.2. The Labute approximate surface area is 244 Å². The highest BCUT2D eigenvalue weighted by atomic mass is 16.7. The number of allylic oxidation sites excluding steroid dienone is 2. The van der Waals surface area contributed by atoms with Gasteiger partial charge in [-0.25, -0.2) is 4.79 Å². The zero-order valence-corrected chi connectivity index (χ0v) is 22.2. The molecule has 2 aromatic carbocycles. The van der Waals surface area contributed by atoms with Crippen LogP contribution in [0.25, 0.3) is 11.8 Å². The number of rotatable bonds is 7. The summed E-state index contributed by atoms with van der Waals surface area (Å²) in [7, 11) is 0. The first-order valence-electron chi connectivity index (χ1n) is 13.0. The highest BCUT2D eigenvalue weighted by Gasteiger charge is 2.46. The Morgan fingerprint density at radius 2 is 1.63 bits per heavy atom. The van der Waals surface area contributed by atoms with Gasteiger partial charge in [0.15, 0.2) is 23.0 Å². The van der Waals surface area contributed by atoms with Crippen LogP contribution in [0.4, 0.5) is 0 Å². The van der Waals surface area contributed by atoms with Crippen molar-refractivity contribution >= 4 is 17.8 Å². The number of aromatic hydroxyl groups is 3. The van der Waals surface area contributed by atoms with Crippen LogP contribution in [0.5, 0.6) is 17.2 Å². The molecule has 0 spiro atoms. The van der Waals surface area contributed by atoms with Crippen LogP contribution >= 0.6 is 0 Å². The molecule has 13 heteroatoms. The minimum Gasteiger partial charge on any atom is -0.508 e. The van der Waals surface area contributed by atoms with Gasteiger partial charge in [-0.15, -0.1) is 0 Å². The van der Waals surface area contributed by atoms with Crippen molar-refractivity contribution in [2.24, 2.45) is 0 Å². The molecule has 3 aliphatic rings. The number of benzene rings is 2. The molecular weight excluding hydrogens is 568 g/mol. The first-order valence-corrected chi connectivity index (χ1v) is 13.0. The minimum atomic E-state index is -1.80. The number of fused-ring (bicyclic) bond motifs is 1. The lowest BCUT2D eigenvalue weighted by Gasteiger charge is -2.40. The van der Waals surface area contributed by atoms with Crippen LogP contribution in [0.1, 0.15) is 11.1 Å². The van der Waals surface area contributed by atoms with Gasteiger partial charge < -0.3 is 59.8 Å². The smallest absolute Gasteiger partial charge is 0.330 e. The number of hydrogen-bond acceptors (Lipinski definition) is 13. The first-order chi connectivity index (χ1) is 20.5. The number of ether oxygens (including phenoxy) is 4. The van der Waals surface area contributed by atoms with E-state index >= 15 is 0 Å². The van der Waals surface area contributed by atoms with Gasteiger partial charge in [-0.2, -0.15) is 0 Å². The summed E-state index contributed by atoms with van der Waals surface area (Å²) in [6.45, 7) is -0.533. The Bertz CT molecular complexity index is 1540. The lowest BCUT2D eigenvalue weighted by atomic mass is 9.96. The molecule has 6 atom stereocenters. The van der Waals surface area contributed by atoms with E-state index in [-0.39, 0.29) is 39.9 Å². The molecule has 5 rings (SSSR count). The summed E-state index contributed by atoms with van der Waals surface area (Å²) in [5.74, 6) is -2.45. The van der Waals surface area contributed by atoms with Gasteiger partial charge in [0.05, 0.1) is 0 Å².